The zero-order chi connectivity index (χ0) is 18.5. The third kappa shape index (κ3) is 3.71. The number of primary amides is 1. The first-order chi connectivity index (χ1) is 12.6. The number of thiazole rings is 1. The van der Waals surface area contributed by atoms with Gasteiger partial charge in [-0.15, -0.1) is 22.9 Å². The Morgan fingerprint density at radius 2 is 1.81 bits per heavy atom. The second kappa shape index (κ2) is 8.03. The number of nitrogens with two attached hydrogens (primary N) is 1. The fourth-order valence-corrected chi connectivity index (χ4v) is 3.30. The number of carbonyl (C=O) groups is 2. The quantitative estimate of drug-likeness (QED) is 0.654. The Bertz CT molecular complexity index is 887. The van der Waals surface area contributed by atoms with Crippen LogP contribution < -0.4 is 10.6 Å². The standard InChI is InChI=1S/C17H14ClN5O2S/c18-5-15(24)23(16(17(19)25)12-6-20-9-21-7-12)13-3-1-11(2-4-13)14-8-22-10-26-14/h1-4,6-10,16H,5H2,(H2,19,25)/t16-/m1/s1. The van der Waals surface area contributed by atoms with E-state index in [9.17, 15) is 9.59 Å². The molecule has 0 unspecified atom stereocenters. The molecule has 0 radical (unpaired) electrons. The number of carbonyl (C=O) groups excluding carboxylic acids is 2. The smallest absolute Gasteiger partial charge is 0.245 e. The van der Waals surface area contributed by atoms with E-state index in [1.807, 2.05) is 12.1 Å². The molecule has 2 N–H and O–H groups in total. The van der Waals surface area contributed by atoms with E-state index < -0.39 is 17.9 Å². The van der Waals surface area contributed by atoms with Crippen LogP contribution in [0.15, 0.2) is 54.7 Å². The normalized spacial score (nSPS) is 11.7. The van der Waals surface area contributed by atoms with Crippen LogP contribution in [0.2, 0.25) is 0 Å². The number of alkyl halides is 1. The average molecular weight is 388 g/mol. The molecule has 7 nitrogen and oxygen atoms in total. The predicted molar refractivity (Wildman–Crippen MR) is 99.7 cm³/mol. The number of halogens is 1. The van der Waals surface area contributed by atoms with Gasteiger partial charge in [-0.25, -0.2) is 9.97 Å². The van der Waals surface area contributed by atoms with Crippen molar-refractivity contribution in [3.05, 3.63) is 60.3 Å². The third-order valence-corrected chi connectivity index (χ3v) is 4.72. The van der Waals surface area contributed by atoms with Crippen molar-refractivity contribution >= 4 is 40.4 Å². The first-order valence-corrected chi connectivity index (χ1v) is 8.94. The van der Waals surface area contributed by atoms with E-state index in [0.717, 1.165) is 10.4 Å². The number of hydrogen-bond acceptors (Lipinski definition) is 6. The number of anilines is 1. The lowest BCUT2D eigenvalue weighted by Crippen LogP contribution is -2.42. The monoisotopic (exact) mass is 387 g/mol. The summed E-state index contributed by atoms with van der Waals surface area (Å²) >= 11 is 7.27. The van der Waals surface area contributed by atoms with E-state index in [2.05, 4.69) is 15.0 Å². The Morgan fingerprint density at radius 3 is 2.35 bits per heavy atom. The molecule has 132 valence electrons. The summed E-state index contributed by atoms with van der Waals surface area (Å²) in [6, 6.07) is 6.10. The highest BCUT2D eigenvalue weighted by molar-refractivity contribution is 7.13. The van der Waals surface area contributed by atoms with E-state index in [4.69, 9.17) is 17.3 Å². The minimum atomic E-state index is -1.06. The molecule has 1 atom stereocenters. The van der Waals surface area contributed by atoms with Crippen LogP contribution in [0.4, 0.5) is 5.69 Å². The van der Waals surface area contributed by atoms with Gasteiger partial charge in [-0.05, 0) is 17.7 Å². The summed E-state index contributed by atoms with van der Waals surface area (Å²) in [5.74, 6) is -1.46. The zero-order valence-electron chi connectivity index (χ0n) is 13.4. The van der Waals surface area contributed by atoms with Gasteiger partial charge in [0.2, 0.25) is 11.8 Å². The van der Waals surface area contributed by atoms with Crippen LogP contribution in [0.1, 0.15) is 11.6 Å². The van der Waals surface area contributed by atoms with Gasteiger partial charge in [0.15, 0.2) is 0 Å². The molecule has 3 aromatic rings. The molecule has 0 aliphatic carbocycles. The van der Waals surface area contributed by atoms with Crippen molar-refractivity contribution in [2.24, 2.45) is 5.73 Å². The van der Waals surface area contributed by atoms with Gasteiger partial charge in [0, 0.05) is 29.8 Å². The topological polar surface area (TPSA) is 102 Å². The summed E-state index contributed by atoms with van der Waals surface area (Å²) in [6.07, 6.45) is 5.99. The first-order valence-electron chi connectivity index (χ1n) is 7.53. The molecule has 9 heteroatoms. The van der Waals surface area contributed by atoms with Crippen molar-refractivity contribution in [2.75, 3.05) is 10.8 Å². The minimum absolute atomic E-state index is 0.298. The van der Waals surface area contributed by atoms with Gasteiger partial charge in [0.1, 0.15) is 18.2 Å². The fraction of sp³-hybridized carbons (Fsp3) is 0.118. The minimum Gasteiger partial charge on any atom is -0.368 e. The highest BCUT2D eigenvalue weighted by Gasteiger charge is 2.31. The van der Waals surface area contributed by atoms with Crippen LogP contribution in [0.25, 0.3) is 10.4 Å². The molecule has 0 spiro atoms. The highest BCUT2D eigenvalue weighted by Crippen LogP contribution is 2.30. The van der Waals surface area contributed by atoms with E-state index in [-0.39, 0.29) is 5.88 Å². The van der Waals surface area contributed by atoms with Crippen molar-refractivity contribution in [1.82, 2.24) is 15.0 Å². The lowest BCUT2D eigenvalue weighted by Gasteiger charge is -2.29. The Balaban J connectivity index is 2.02. The number of rotatable bonds is 6. The molecule has 0 aliphatic heterocycles. The van der Waals surface area contributed by atoms with Crippen LogP contribution in [0.3, 0.4) is 0 Å². The predicted octanol–water partition coefficient (Wildman–Crippen LogP) is 2.40. The van der Waals surface area contributed by atoms with Crippen LogP contribution in [-0.2, 0) is 9.59 Å². The maximum Gasteiger partial charge on any atom is 0.245 e. The molecule has 0 saturated carbocycles. The highest BCUT2D eigenvalue weighted by atomic mass is 35.5. The van der Waals surface area contributed by atoms with Crippen molar-refractivity contribution in [3.63, 3.8) is 0 Å². The van der Waals surface area contributed by atoms with Crippen molar-refractivity contribution in [1.29, 1.82) is 0 Å². The molecule has 0 bridgehead atoms. The van der Waals surface area contributed by atoms with Crippen LogP contribution in [0, 0.1) is 0 Å². The summed E-state index contributed by atoms with van der Waals surface area (Å²) in [4.78, 5) is 38.7. The Morgan fingerprint density at radius 1 is 1.12 bits per heavy atom. The van der Waals surface area contributed by atoms with Crippen molar-refractivity contribution in [2.45, 2.75) is 6.04 Å². The summed E-state index contributed by atoms with van der Waals surface area (Å²) in [7, 11) is 0. The molecule has 2 amide bonds. The van der Waals surface area contributed by atoms with Crippen LogP contribution >= 0.6 is 22.9 Å². The van der Waals surface area contributed by atoms with Gasteiger partial charge >= 0.3 is 0 Å². The molecule has 0 aliphatic rings. The van der Waals surface area contributed by atoms with Gasteiger partial charge in [-0.3, -0.25) is 19.5 Å². The molecule has 3 rings (SSSR count). The molecule has 1 aromatic carbocycles. The van der Waals surface area contributed by atoms with Gasteiger partial charge in [0.25, 0.3) is 0 Å². The molecular formula is C17H14ClN5O2S. The SMILES string of the molecule is NC(=O)[C@@H](c1cncnc1)N(C(=O)CCl)c1ccc(-c2cncs2)cc1. The molecule has 2 heterocycles. The first kappa shape index (κ1) is 18.0. The Kier molecular flexibility index (Phi) is 5.55. The second-order valence-corrected chi connectivity index (χ2v) is 6.44. The van der Waals surface area contributed by atoms with E-state index in [1.165, 1.54) is 35.0 Å². The second-order valence-electron chi connectivity index (χ2n) is 5.29. The average Bonchev–Trinajstić information content (AvgIpc) is 3.21. The molecule has 2 aromatic heterocycles. The summed E-state index contributed by atoms with van der Waals surface area (Å²) in [5, 5.41) is 0. The zero-order valence-corrected chi connectivity index (χ0v) is 15.0. The van der Waals surface area contributed by atoms with Gasteiger partial charge in [-0.2, -0.15) is 0 Å². The summed E-state index contributed by atoms with van der Waals surface area (Å²) < 4.78 is 0. The van der Waals surface area contributed by atoms with E-state index in [1.54, 1.807) is 23.8 Å². The maximum atomic E-state index is 12.5. The molecular weight excluding hydrogens is 374 g/mol. The Labute approximate surface area is 158 Å². The lowest BCUT2D eigenvalue weighted by molar-refractivity contribution is -0.123. The number of aromatic nitrogens is 3. The summed E-state index contributed by atoms with van der Waals surface area (Å²) in [6.45, 7) is 0. The number of hydrogen-bond donors (Lipinski definition) is 1. The van der Waals surface area contributed by atoms with E-state index in [0.29, 0.717) is 11.3 Å². The maximum absolute atomic E-state index is 12.5. The van der Waals surface area contributed by atoms with Gasteiger partial charge in [-0.1, -0.05) is 12.1 Å². The number of benzene rings is 1. The fourth-order valence-electron chi connectivity index (χ4n) is 2.54. The van der Waals surface area contributed by atoms with Crippen LogP contribution in [0.5, 0.6) is 0 Å². The lowest BCUT2D eigenvalue weighted by atomic mass is 10.1. The molecule has 0 fully saturated rings. The molecule has 26 heavy (non-hydrogen) atoms. The van der Waals surface area contributed by atoms with Crippen molar-refractivity contribution in [3.8, 4) is 10.4 Å². The summed E-state index contributed by atoms with van der Waals surface area (Å²) in [5.41, 5.74) is 9.17. The Hall–Kier alpha value is -2.84. The van der Waals surface area contributed by atoms with E-state index >= 15 is 0 Å². The number of nitrogens with zero attached hydrogens (tertiary/aromatic N) is 4. The number of amides is 2. The van der Waals surface area contributed by atoms with Gasteiger partial charge in [0.05, 0.1) is 10.4 Å². The third-order valence-electron chi connectivity index (χ3n) is 3.67. The largest absolute Gasteiger partial charge is 0.368 e. The van der Waals surface area contributed by atoms with Crippen LogP contribution in [-0.4, -0.2) is 32.6 Å². The van der Waals surface area contributed by atoms with Crippen molar-refractivity contribution < 1.29 is 9.59 Å². The molecule has 0 saturated heterocycles. The van der Waals surface area contributed by atoms with Gasteiger partial charge < -0.3 is 5.73 Å².